The van der Waals surface area contributed by atoms with Crippen LogP contribution in [0.4, 0.5) is 0 Å². The summed E-state index contributed by atoms with van der Waals surface area (Å²) in [6.45, 7) is 9.86. The molecule has 5 heteroatoms. The second-order valence-electron chi connectivity index (χ2n) is 4.72. The summed E-state index contributed by atoms with van der Waals surface area (Å²) in [4.78, 5) is 0. The highest BCUT2D eigenvalue weighted by atomic mass is 16.7. The van der Waals surface area contributed by atoms with Crippen LogP contribution in [0, 0.1) is 0 Å². The number of rotatable bonds is 11. The first-order valence-electron chi connectivity index (χ1n) is 7.47. The number of hydrogen-bond donors (Lipinski definition) is 1. The Hall–Kier alpha value is -0.200. The van der Waals surface area contributed by atoms with Crippen molar-refractivity contribution in [1.82, 2.24) is 5.32 Å². The van der Waals surface area contributed by atoms with Crippen LogP contribution in [-0.2, 0) is 18.9 Å². The minimum absolute atomic E-state index is 0.459. The highest BCUT2D eigenvalue weighted by Crippen LogP contribution is 2.19. The predicted octanol–water partition coefficient (Wildman–Crippen LogP) is 1.56. The van der Waals surface area contributed by atoms with E-state index in [1.54, 1.807) is 0 Å². The molecule has 0 amide bonds. The molecule has 1 atom stereocenters. The zero-order chi connectivity index (χ0) is 13.8. The second-order valence-corrected chi connectivity index (χ2v) is 4.72. The smallest absolute Gasteiger partial charge is 0.180 e. The highest BCUT2D eigenvalue weighted by molar-refractivity contribution is 4.75. The van der Waals surface area contributed by atoms with Crippen molar-refractivity contribution in [2.75, 3.05) is 52.7 Å². The molecule has 1 heterocycles. The third kappa shape index (κ3) is 7.22. The SMILES string of the molecule is CCCCOCCOCCOC1(CC)CNCCO1. The van der Waals surface area contributed by atoms with Crippen molar-refractivity contribution in [1.29, 1.82) is 0 Å². The molecule has 1 N–H and O–H groups in total. The van der Waals surface area contributed by atoms with Crippen molar-refractivity contribution in [2.45, 2.75) is 38.9 Å². The molecule has 0 saturated carbocycles. The van der Waals surface area contributed by atoms with E-state index in [1.807, 2.05) is 0 Å². The van der Waals surface area contributed by atoms with Crippen molar-refractivity contribution < 1.29 is 18.9 Å². The van der Waals surface area contributed by atoms with Gasteiger partial charge in [-0.25, -0.2) is 0 Å². The molecule has 0 aromatic rings. The average Bonchev–Trinajstić information content (AvgIpc) is 2.46. The first kappa shape index (κ1) is 16.9. The molecule has 0 aromatic carbocycles. The average molecular weight is 275 g/mol. The van der Waals surface area contributed by atoms with Gasteiger partial charge in [0.25, 0.3) is 0 Å². The number of unbranched alkanes of at least 4 members (excludes halogenated alkanes) is 1. The van der Waals surface area contributed by atoms with E-state index in [0.717, 1.165) is 32.5 Å². The number of morpholine rings is 1. The van der Waals surface area contributed by atoms with E-state index in [9.17, 15) is 0 Å². The normalized spacial score (nSPS) is 23.7. The lowest BCUT2D eigenvalue weighted by molar-refractivity contribution is -0.251. The van der Waals surface area contributed by atoms with E-state index >= 15 is 0 Å². The number of ether oxygens (including phenoxy) is 4. The Morgan fingerprint density at radius 2 is 1.79 bits per heavy atom. The number of hydrogen-bond acceptors (Lipinski definition) is 5. The molecule has 1 unspecified atom stereocenters. The van der Waals surface area contributed by atoms with Crippen LogP contribution in [0.15, 0.2) is 0 Å². The summed E-state index contributed by atoms with van der Waals surface area (Å²) in [6.07, 6.45) is 3.13. The van der Waals surface area contributed by atoms with E-state index in [-0.39, 0.29) is 0 Å². The van der Waals surface area contributed by atoms with Gasteiger partial charge in [-0.15, -0.1) is 0 Å². The molecule has 0 radical (unpaired) electrons. The van der Waals surface area contributed by atoms with Crippen LogP contribution in [0.25, 0.3) is 0 Å². The van der Waals surface area contributed by atoms with Gasteiger partial charge in [-0.2, -0.15) is 0 Å². The Balaban J connectivity index is 1.94. The lowest BCUT2D eigenvalue weighted by Crippen LogP contribution is -2.51. The minimum Gasteiger partial charge on any atom is -0.379 e. The number of nitrogens with one attached hydrogen (secondary N) is 1. The fraction of sp³-hybridized carbons (Fsp3) is 1.00. The van der Waals surface area contributed by atoms with Gasteiger partial charge < -0.3 is 24.3 Å². The molecule has 0 aliphatic carbocycles. The van der Waals surface area contributed by atoms with Gasteiger partial charge in [0, 0.05) is 19.7 Å². The maximum absolute atomic E-state index is 5.81. The van der Waals surface area contributed by atoms with Gasteiger partial charge in [-0.05, 0) is 12.8 Å². The summed E-state index contributed by atoms with van der Waals surface area (Å²) in [5, 5.41) is 3.30. The molecule has 0 bridgehead atoms. The van der Waals surface area contributed by atoms with Gasteiger partial charge in [0.05, 0.1) is 33.0 Å². The van der Waals surface area contributed by atoms with E-state index in [2.05, 4.69) is 19.2 Å². The molecule has 0 spiro atoms. The van der Waals surface area contributed by atoms with E-state index in [1.165, 1.54) is 6.42 Å². The zero-order valence-electron chi connectivity index (χ0n) is 12.4. The van der Waals surface area contributed by atoms with Crippen LogP contribution in [0.3, 0.4) is 0 Å². The molecule has 5 nitrogen and oxygen atoms in total. The Labute approximate surface area is 116 Å². The first-order valence-corrected chi connectivity index (χ1v) is 7.47. The zero-order valence-corrected chi connectivity index (χ0v) is 12.4. The lowest BCUT2D eigenvalue weighted by atomic mass is 10.2. The topological polar surface area (TPSA) is 49.0 Å². The molecule has 1 aliphatic rings. The van der Waals surface area contributed by atoms with Crippen LogP contribution in [0.5, 0.6) is 0 Å². The Bertz CT molecular complexity index is 208. The standard InChI is InChI=1S/C14H29NO4/c1-3-5-7-16-9-10-17-11-12-19-14(4-2)13-15-6-8-18-14/h15H,3-13H2,1-2H3. The molecule has 1 rings (SSSR count). The Morgan fingerprint density at radius 1 is 1.05 bits per heavy atom. The van der Waals surface area contributed by atoms with Crippen LogP contribution in [0.1, 0.15) is 33.1 Å². The second kappa shape index (κ2) is 10.6. The third-order valence-corrected chi connectivity index (χ3v) is 3.18. The van der Waals surface area contributed by atoms with Crippen molar-refractivity contribution in [3.63, 3.8) is 0 Å². The summed E-state index contributed by atoms with van der Waals surface area (Å²) >= 11 is 0. The largest absolute Gasteiger partial charge is 0.379 e. The van der Waals surface area contributed by atoms with E-state index in [4.69, 9.17) is 18.9 Å². The molecular weight excluding hydrogens is 246 g/mol. The molecule has 1 saturated heterocycles. The summed E-state index contributed by atoms with van der Waals surface area (Å²) in [6, 6.07) is 0. The monoisotopic (exact) mass is 275 g/mol. The van der Waals surface area contributed by atoms with Crippen molar-refractivity contribution >= 4 is 0 Å². The van der Waals surface area contributed by atoms with Crippen molar-refractivity contribution in [3.8, 4) is 0 Å². The quantitative estimate of drug-likeness (QED) is 0.580. The summed E-state index contributed by atoms with van der Waals surface area (Å²) < 4.78 is 22.4. The molecule has 19 heavy (non-hydrogen) atoms. The van der Waals surface area contributed by atoms with Gasteiger partial charge >= 0.3 is 0 Å². The third-order valence-electron chi connectivity index (χ3n) is 3.18. The Kier molecular flexibility index (Phi) is 9.38. The van der Waals surface area contributed by atoms with Crippen molar-refractivity contribution in [3.05, 3.63) is 0 Å². The predicted molar refractivity (Wildman–Crippen MR) is 74.3 cm³/mol. The van der Waals surface area contributed by atoms with Crippen LogP contribution < -0.4 is 5.32 Å². The van der Waals surface area contributed by atoms with Crippen LogP contribution in [0.2, 0.25) is 0 Å². The van der Waals surface area contributed by atoms with Crippen LogP contribution in [-0.4, -0.2) is 58.5 Å². The van der Waals surface area contributed by atoms with E-state index < -0.39 is 5.79 Å². The van der Waals surface area contributed by atoms with Gasteiger partial charge in [0.15, 0.2) is 5.79 Å². The fourth-order valence-electron chi connectivity index (χ4n) is 1.92. The first-order chi connectivity index (χ1) is 9.33. The van der Waals surface area contributed by atoms with Crippen molar-refractivity contribution in [2.24, 2.45) is 0 Å². The van der Waals surface area contributed by atoms with Crippen LogP contribution >= 0.6 is 0 Å². The molecular formula is C14H29NO4. The summed E-state index contributed by atoms with van der Waals surface area (Å²) in [7, 11) is 0. The maximum Gasteiger partial charge on any atom is 0.180 e. The fourth-order valence-corrected chi connectivity index (χ4v) is 1.92. The van der Waals surface area contributed by atoms with Gasteiger partial charge in [-0.1, -0.05) is 20.3 Å². The van der Waals surface area contributed by atoms with Gasteiger partial charge in [-0.3, -0.25) is 0 Å². The highest BCUT2D eigenvalue weighted by Gasteiger charge is 2.31. The summed E-state index contributed by atoms with van der Waals surface area (Å²) in [5.41, 5.74) is 0. The van der Waals surface area contributed by atoms with E-state index in [0.29, 0.717) is 33.0 Å². The molecule has 1 aliphatic heterocycles. The minimum atomic E-state index is -0.459. The van der Waals surface area contributed by atoms with Gasteiger partial charge in [0.2, 0.25) is 0 Å². The van der Waals surface area contributed by atoms with Gasteiger partial charge in [0.1, 0.15) is 0 Å². The lowest BCUT2D eigenvalue weighted by Gasteiger charge is -2.36. The summed E-state index contributed by atoms with van der Waals surface area (Å²) in [5.74, 6) is -0.459. The molecule has 114 valence electrons. The molecule has 0 aromatic heterocycles. The molecule has 1 fully saturated rings. The maximum atomic E-state index is 5.81. The Morgan fingerprint density at radius 3 is 2.42 bits per heavy atom.